The Morgan fingerprint density at radius 1 is 1.07 bits per heavy atom. The van der Waals surface area contributed by atoms with Gasteiger partial charge < -0.3 is 9.80 Å². The molecule has 0 bridgehead atoms. The van der Waals surface area contributed by atoms with Crippen LogP contribution < -0.4 is 0 Å². The van der Waals surface area contributed by atoms with Crippen LogP contribution in [0.5, 0.6) is 0 Å². The molecule has 0 atom stereocenters. The van der Waals surface area contributed by atoms with E-state index in [0.29, 0.717) is 37.9 Å². The van der Waals surface area contributed by atoms with E-state index in [-0.39, 0.29) is 17.7 Å². The first-order valence-corrected chi connectivity index (χ1v) is 10.8. The summed E-state index contributed by atoms with van der Waals surface area (Å²) < 4.78 is 1.76. The summed E-state index contributed by atoms with van der Waals surface area (Å²) in [5.41, 5.74) is 3.88. The summed E-state index contributed by atoms with van der Waals surface area (Å²) in [4.78, 5) is 28.4. The number of carbonyl (C=O) groups excluding carboxylic acids is 2. The largest absolute Gasteiger partial charge is 0.339 e. The topological polar surface area (TPSA) is 58.4 Å². The maximum Gasteiger partial charge on any atom is 0.246 e. The Balaban J connectivity index is 1.37. The maximum absolute atomic E-state index is 12.6. The van der Waals surface area contributed by atoms with Crippen LogP contribution in [0.15, 0.2) is 30.3 Å². The SMILES string of the molecule is Cc1ccc(Cn2nc(C)c(/C=C/C(=O)N3CCN(C(=O)C4CC4)CC3)c2Cl)cc1. The van der Waals surface area contributed by atoms with E-state index in [0.717, 1.165) is 29.7 Å². The Bertz CT molecular complexity index is 968. The minimum absolute atomic E-state index is 0.0599. The molecule has 6 nitrogen and oxygen atoms in total. The van der Waals surface area contributed by atoms with Gasteiger partial charge in [0.15, 0.2) is 0 Å². The van der Waals surface area contributed by atoms with Crippen LogP contribution in [0.2, 0.25) is 5.15 Å². The van der Waals surface area contributed by atoms with Crippen molar-refractivity contribution in [1.29, 1.82) is 0 Å². The number of amides is 2. The van der Waals surface area contributed by atoms with Crippen LogP contribution in [0, 0.1) is 19.8 Å². The number of hydrogen-bond donors (Lipinski definition) is 0. The van der Waals surface area contributed by atoms with Gasteiger partial charge in [-0.2, -0.15) is 5.10 Å². The van der Waals surface area contributed by atoms with Crippen LogP contribution >= 0.6 is 11.6 Å². The van der Waals surface area contributed by atoms with E-state index in [2.05, 4.69) is 36.3 Å². The molecule has 2 aliphatic rings. The minimum Gasteiger partial charge on any atom is -0.339 e. The molecule has 4 rings (SSSR count). The van der Waals surface area contributed by atoms with Crippen molar-refractivity contribution in [3.63, 3.8) is 0 Å². The minimum atomic E-state index is -0.0599. The zero-order valence-electron chi connectivity index (χ0n) is 17.5. The van der Waals surface area contributed by atoms with Crippen molar-refractivity contribution >= 4 is 29.5 Å². The molecule has 30 heavy (non-hydrogen) atoms. The van der Waals surface area contributed by atoms with Crippen LogP contribution in [-0.4, -0.2) is 57.6 Å². The van der Waals surface area contributed by atoms with Crippen molar-refractivity contribution in [2.75, 3.05) is 26.2 Å². The smallest absolute Gasteiger partial charge is 0.246 e. The van der Waals surface area contributed by atoms with E-state index < -0.39 is 0 Å². The molecule has 1 aliphatic heterocycles. The first-order valence-electron chi connectivity index (χ1n) is 10.5. The first-order chi connectivity index (χ1) is 14.4. The van der Waals surface area contributed by atoms with Crippen LogP contribution in [0.4, 0.5) is 0 Å². The van der Waals surface area contributed by atoms with Gasteiger partial charge in [-0.3, -0.25) is 9.59 Å². The number of piperazine rings is 1. The molecule has 1 aromatic heterocycles. The van der Waals surface area contributed by atoms with Crippen LogP contribution in [0.25, 0.3) is 6.08 Å². The van der Waals surface area contributed by atoms with Gasteiger partial charge in [-0.1, -0.05) is 41.4 Å². The van der Waals surface area contributed by atoms with Gasteiger partial charge >= 0.3 is 0 Å². The Labute approximate surface area is 182 Å². The van der Waals surface area contributed by atoms with Gasteiger partial charge in [0.05, 0.1) is 12.2 Å². The molecule has 2 fully saturated rings. The van der Waals surface area contributed by atoms with Crippen LogP contribution in [0.3, 0.4) is 0 Å². The summed E-state index contributed by atoms with van der Waals surface area (Å²) in [5.74, 6) is 0.421. The van der Waals surface area contributed by atoms with E-state index in [1.165, 1.54) is 5.56 Å². The molecule has 0 unspecified atom stereocenters. The molecule has 0 N–H and O–H groups in total. The number of carbonyl (C=O) groups is 2. The van der Waals surface area contributed by atoms with Gasteiger partial charge in [-0.05, 0) is 38.3 Å². The number of halogens is 1. The number of aromatic nitrogens is 2. The highest BCUT2D eigenvalue weighted by atomic mass is 35.5. The van der Waals surface area contributed by atoms with E-state index in [1.54, 1.807) is 21.7 Å². The molecular formula is C23H27ClN4O2. The normalized spacial score (nSPS) is 17.0. The van der Waals surface area contributed by atoms with E-state index in [4.69, 9.17) is 11.6 Å². The third-order valence-corrected chi connectivity index (χ3v) is 6.18. The fourth-order valence-electron chi connectivity index (χ4n) is 3.72. The van der Waals surface area contributed by atoms with Crippen LogP contribution in [0.1, 0.15) is 35.2 Å². The average Bonchev–Trinajstić information content (AvgIpc) is 3.56. The number of benzene rings is 1. The lowest BCUT2D eigenvalue weighted by Gasteiger charge is -2.34. The third kappa shape index (κ3) is 4.59. The second-order valence-electron chi connectivity index (χ2n) is 8.19. The third-order valence-electron chi connectivity index (χ3n) is 5.78. The highest BCUT2D eigenvalue weighted by Gasteiger charge is 2.34. The van der Waals surface area contributed by atoms with Crippen LogP contribution in [-0.2, 0) is 16.1 Å². The van der Waals surface area contributed by atoms with Crippen molar-refractivity contribution in [2.45, 2.75) is 33.2 Å². The number of aryl methyl sites for hydroxylation is 2. The summed E-state index contributed by atoms with van der Waals surface area (Å²) >= 11 is 6.55. The highest BCUT2D eigenvalue weighted by Crippen LogP contribution is 2.31. The molecule has 2 aromatic rings. The molecule has 0 spiro atoms. The molecular weight excluding hydrogens is 400 g/mol. The van der Waals surface area contributed by atoms with E-state index >= 15 is 0 Å². The average molecular weight is 427 g/mol. The standard InChI is InChI=1S/C23H27ClN4O2/c1-16-3-5-18(6-4-16)15-28-22(24)20(17(2)25-28)9-10-21(29)26-11-13-27(14-12-26)23(30)19-7-8-19/h3-6,9-10,19H,7-8,11-15H2,1-2H3/b10-9+. The van der Waals surface area contributed by atoms with Gasteiger partial charge in [0.25, 0.3) is 0 Å². The predicted octanol–water partition coefficient (Wildman–Crippen LogP) is 3.30. The van der Waals surface area contributed by atoms with Crippen molar-refractivity contribution in [3.8, 4) is 0 Å². The molecule has 7 heteroatoms. The Morgan fingerprint density at radius 3 is 2.33 bits per heavy atom. The first kappa shape index (κ1) is 20.7. The number of hydrogen-bond acceptors (Lipinski definition) is 3. The van der Waals surface area contributed by atoms with Gasteiger partial charge in [0.1, 0.15) is 5.15 Å². The second kappa shape index (κ2) is 8.64. The molecule has 2 heterocycles. The molecule has 158 valence electrons. The lowest BCUT2D eigenvalue weighted by molar-refractivity contribution is -0.138. The number of nitrogens with zero attached hydrogens (tertiary/aromatic N) is 4. The van der Waals surface area contributed by atoms with Crippen molar-refractivity contribution < 1.29 is 9.59 Å². The van der Waals surface area contributed by atoms with E-state index in [9.17, 15) is 9.59 Å². The van der Waals surface area contributed by atoms with Gasteiger partial charge in [0, 0.05) is 43.7 Å². The lowest BCUT2D eigenvalue weighted by Crippen LogP contribution is -2.50. The molecule has 1 saturated carbocycles. The summed E-state index contributed by atoms with van der Waals surface area (Å²) in [6.07, 6.45) is 5.34. The summed E-state index contributed by atoms with van der Waals surface area (Å²) in [6.45, 7) is 6.90. The Hall–Kier alpha value is -2.60. The fourth-order valence-corrected chi connectivity index (χ4v) is 4.02. The Morgan fingerprint density at radius 2 is 1.70 bits per heavy atom. The predicted molar refractivity (Wildman–Crippen MR) is 117 cm³/mol. The number of rotatable bonds is 5. The molecule has 2 amide bonds. The summed E-state index contributed by atoms with van der Waals surface area (Å²) in [6, 6.07) is 8.26. The van der Waals surface area contributed by atoms with Crippen molar-refractivity contribution in [2.24, 2.45) is 5.92 Å². The highest BCUT2D eigenvalue weighted by molar-refractivity contribution is 6.31. The summed E-state index contributed by atoms with van der Waals surface area (Å²) in [7, 11) is 0. The second-order valence-corrected chi connectivity index (χ2v) is 8.55. The van der Waals surface area contributed by atoms with Crippen molar-refractivity contribution in [3.05, 3.63) is 57.9 Å². The molecule has 1 saturated heterocycles. The maximum atomic E-state index is 12.6. The quantitative estimate of drug-likeness (QED) is 0.689. The van der Waals surface area contributed by atoms with E-state index in [1.807, 2.05) is 11.8 Å². The lowest BCUT2D eigenvalue weighted by atomic mass is 10.1. The zero-order valence-corrected chi connectivity index (χ0v) is 18.2. The molecule has 1 aliphatic carbocycles. The molecule has 1 aromatic carbocycles. The van der Waals surface area contributed by atoms with Crippen molar-refractivity contribution in [1.82, 2.24) is 19.6 Å². The zero-order chi connectivity index (χ0) is 21.3. The van der Waals surface area contributed by atoms with Gasteiger partial charge in [-0.25, -0.2) is 4.68 Å². The Kier molecular flexibility index (Phi) is 5.95. The van der Waals surface area contributed by atoms with Gasteiger partial charge in [-0.15, -0.1) is 0 Å². The fraction of sp³-hybridized carbons (Fsp3) is 0.435. The summed E-state index contributed by atoms with van der Waals surface area (Å²) in [5, 5.41) is 5.06. The molecule has 0 radical (unpaired) electrons. The van der Waals surface area contributed by atoms with Gasteiger partial charge in [0.2, 0.25) is 11.8 Å². The monoisotopic (exact) mass is 426 g/mol.